The van der Waals surface area contributed by atoms with Crippen molar-refractivity contribution in [1.82, 2.24) is 0 Å². The van der Waals surface area contributed by atoms with Gasteiger partial charge in [0.1, 0.15) is 18.3 Å². The Labute approximate surface area is 201 Å². The number of aliphatic hydroxyl groups excluding tert-OH is 3. The van der Waals surface area contributed by atoms with E-state index in [9.17, 15) is 20.1 Å². The fourth-order valence-corrected chi connectivity index (χ4v) is 6.01. The molecule has 4 aliphatic rings. The minimum atomic E-state index is -1.44. The number of allylic oxidation sites excluding steroid dienone is 2. The molecule has 2 saturated carbocycles. The summed E-state index contributed by atoms with van der Waals surface area (Å²) in [5.41, 5.74) is 1.49. The predicted octanol–water partition coefficient (Wildman–Crippen LogP) is 2.25. The Kier molecular flexibility index (Phi) is 7.31. The van der Waals surface area contributed by atoms with E-state index < -0.39 is 43.3 Å². The lowest BCUT2D eigenvalue weighted by molar-refractivity contribution is -0.312. The molecule has 4 fully saturated rings. The molecule has 0 aromatic heterocycles. The first-order chi connectivity index (χ1) is 16.0. The summed E-state index contributed by atoms with van der Waals surface area (Å²) in [6.07, 6.45) is 0.719. The number of hydrogen-bond donors (Lipinski definition) is 3. The van der Waals surface area contributed by atoms with Crippen molar-refractivity contribution in [2.75, 3.05) is 13.2 Å². The van der Waals surface area contributed by atoms with Crippen LogP contribution in [0, 0.1) is 17.3 Å². The Morgan fingerprint density at radius 1 is 1.26 bits per heavy atom. The van der Waals surface area contributed by atoms with Gasteiger partial charge in [-0.25, -0.2) is 4.79 Å². The van der Waals surface area contributed by atoms with Gasteiger partial charge in [-0.15, -0.1) is 0 Å². The van der Waals surface area contributed by atoms with Crippen LogP contribution in [0.5, 0.6) is 0 Å². The molecule has 0 unspecified atom stereocenters. The summed E-state index contributed by atoms with van der Waals surface area (Å²) in [6, 6.07) is 0. The van der Waals surface area contributed by atoms with Gasteiger partial charge in [0, 0.05) is 5.57 Å². The average Bonchev–Trinajstić information content (AvgIpc) is 3.46. The average molecular weight is 481 g/mol. The molecular formula is C26H40O8. The van der Waals surface area contributed by atoms with Crippen molar-refractivity contribution in [2.24, 2.45) is 17.3 Å². The van der Waals surface area contributed by atoms with Crippen LogP contribution in [0.2, 0.25) is 0 Å². The van der Waals surface area contributed by atoms with E-state index in [1.807, 2.05) is 0 Å². The molecule has 0 bridgehead atoms. The van der Waals surface area contributed by atoms with E-state index in [0.717, 1.165) is 32.1 Å². The second kappa shape index (κ2) is 9.64. The summed E-state index contributed by atoms with van der Waals surface area (Å²) in [7, 11) is 0. The maximum atomic E-state index is 12.4. The van der Waals surface area contributed by atoms with E-state index in [4.69, 9.17) is 18.9 Å². The van der Waals surface area contributed by atoms with Crippen LogP contribution < -0.4 is 0 Å². The molecule has 34 heavy (non-hydrogen) atoms. The number of esters is 1. The Hall–Kier alpha value is -1.29. The molecule has 8 heteroatoms. The molecule has 192 valence electrons. The molecule has 0 amide bonds. The number of hydrogen-bond acceptors (Lipinski definition) is 8. The van der Waals surface area contributed by atoms with Crippen LogP contribution in [0.25, 0.3) is 0 Å². The first-order valence-corrected chi connectivity index (χ1v) is 12.5. The van der Waals surface area contributed by atoms with Crippen molar-refractivity contribution in [1.29, 1.82) is 0 Å². The monoisotopic (exact) mass is 480 g/mol. The lowest BCUT2D eigenvalue weighted by Gasteiger charge is -2.55. The summed E-state index contributed by atoms with van der Waals surface area (Å²) in [5, 5.41) is 30.6. The van der Waals surface area contributed by atoms with E-state index in [1.165, 1.54) is 5.57 Å². The lowest BCUT2D eigenvalue weighted by Crippen LogP contribution is -2.61. The highest BCUT2D eigenvalue weighted by Crippen LogP contribution is 2.59. The van der Waals surface area contributed by atoms with Crippen LogP contribution in [0.1, 0.15) is 59.8 Å². The molecule has 4 rings (SSSR count). The number of rotatable bonds is 6. The minimum absolute atomic E-state index is 0.0302. The highest BCUT2D eigenvalue weighted by atomic mass is 16.7. The lowest BCUT2D eigenvalue weighted by atomic mass is 9.51. The Morgan fingerprint density at radius 2 is 2.00 bits per heavy atom. The van der Waals surface area contributed by atoms with Gasteiger partial charge in [-0.1, -0.05) is 25.2 Å². The predicted molar refractivity (Wildman–Crippen MR) is 124 cm³/mol. The van der Waals surface area contributed by atoms with Gasteiger partial charge in [0.05, 0.1) is 24.9 Å². The maximum absolute atomic E-state index is 12.4. The largest absolute Gasteiger partial charge is 0.451 e. The SMILES string of the molecule is C=C1CC[C@H]2O[C@]2(C)CC[C@@H]2[C@H]1C[C@@]2(C)CO[C@@H]1O[C@H](CO)[C@@H](O)[C@H](O)[C@H]1OC(=O)/C(C)=C\C. The molecule has 2 saturated heterocycles. The Bertz CT molecular complexity index is 826. The summed E-state index contributed by atoms with van der Waals surface area (Å²) in [4.78, 5) is 12.4. The molecule has 0 aromatic carbocycles. The zero-order valence-electron chi connectivity index (χ0n) is 20.7. The third kappa shape index (κ3) is 4.73. The number of carbonyl (C=O) groups excluding carboxylic acids is 1. The van der Waals surface area contributed by atoms with E-state index in [2.05, 4.69) is 20.4 Å². The number of carbonyl (C=O) groups is 1. The molecule has 2 aliphatic heterocycles. The molecule has 10 atom stereocenters. The van der Waals surface area contributed by atoms with E-state index in [1.54, 1.807) is 19.9 Å². The van der Waals surface area contributed by atoms with Crippen molar-refractivity contribution in [3.8, 4) is 0 Å². The van der Waals surface area contributed by atoms with Gasteiger partial charge in [0.2, 0.25) is 0 Å². The molecule has 2 aliphatic carbocycles. The van der Waals surface area contributed by atoms with Crippen LogP contribution in [0.3, 0.4) is 0 Å². The summed E-state index contributed by atoms with van der Waals surface area (Å²) >= 11 is 0. The fraction of sp³-hybridized carbons (Fsp3) is 0.808. The quantitative estimate of drug-likeness (QED) is 0.229. The Balaban J connectivity index is 1.45. The normalized spacial score (nSPS) is 46.8. The van der Waals surface area contributed by atoms with Crippen molar-refractivity contribution < 1.29 is 39.1 Å². The van der Waals surface area contributed by atoms with Gasteiger partial charge in [0.25, 0.3) is 0 Å². The van der Waals surface area contributed by atoms with Crippen molar-refractivity contribution in [2.45, 2.75) is 102 Å². The molecule has 3 N–H and O–H groups in total. The first-order valence-electron chi connectivity index (χ1n) is 12.5. The van der Waals surface area contributed by atoms with E-state index in [0.29, 0.717) is 30.1 Å². The highest BCUT2D eigenvalue weighted by Gasteiger charge is 2.58. The number of aliphatic hydroxyl groups is 3. The highest BCUT2D eigenvalue weighted by molar-refractivity contribution is 5.87. The van der Waals surface area contributed by atoms with Crippen LogP contribution in [0.15, 0.2) is 23.8 Å². The summed E-state index contributed by atoms with van der Waals surface area (Å²) < 4.78 is 23.4. The molecule has 2 heterocycles. The van der Waals surface area contributed by atoms with Gasteiger partial charge in [-0.2, -0.15) is 0 Å². The van der Waals surface area contributed by atoms with Gasteiger partial charge >= 0.3 is 5.97 Å². The summed E-state index contributed by atoms with van der Waals surface area (Å²) in [5.74, 6) is 0.220. The number of fused-ring (bicyclic) bond motifs is 2. The standard InChI is InChI=1S/C26H40O8/c1-6-14(2)23(30)33-22-21(29)20(28)18(12-27)32-24(22)31-13-25(4)11-16-15(3)7-8-19-26(5,34-19)10-9-17(16)25/h6,16-22,24,27-29H,3,7-13H2,1-2,4-5H3/b14-6-/t16-,17+,18+,19+,20+,21-,22+,24+,25-,26+/m0/s1. The number of ether oxygens (including phenoxy) is 4. The zero-order valence-corrected chi connectivity index (χ0v) is 20.7. The topological polar surface area (TPSA) is 118 Å². The van der Waals surface area contributed by atoms with Gasteiger partial charge < -0.3 is 34.3 Å². The van der Waals surface area contributed by atoms with Crippen LogP contribution in [-0.4, -0.2) is 76.9 Å². The second-order valence-electron chi connectivity index (χ2n) is 11.1. The molecule has 0 aromatic rings. The second-order valence-corrected chi connectivity index (χ2v) is 11.1. The van der Waals surface area contributed by atoms with Crippen molar-refractivity contribution in [3.63, 3.8) is 0 Å². The van der Waals surface area contributed by atoms with E-state index in [-0.39, 0.29) is 11.0 Å². The van der Waals surface area contributed by atoms with Crippen molar-refractivity contribution in [3.05, 3.63) is 23.8 Å². The summed E-state index contributed by atoms with van der Waals surface area (Å²) in [6.45, 7) is 11.9. The van der Waals surface area contributed by atoms with Crippen LogP contribution in [0.4, 0.5) is 0 Å². The maximum Gasteiger partial charge on any atom is 0.333 e. The van der Waals surface area contributed by atoms with E-state index >= 15 is 0 Å². The van der Waals surface area contributed by atoms with Gasteiger partial charge in [0.15, 0.2) is 12.4 Å². The molecular weight excluding hydrogens is 440 g/mol. The molecule has 0 spiro atoms. The van der Waals surface area contributed by atoms with Gasteiger partial charge in [-0.05, 0) is 70.1 Å². The van der Waals surface area contributed by atoms with Crippen LogP contribution >= 0.6 is 0 Å². The Morgan fingerprint density at radius 3 is 2.68 bits per heavy atom. The third-order valence-electron chi connectivity index (χ3n) is 8.71. The molecule has 8 nitrogen and oxygen atoms in total. The third-order valence-corrected chi connectivity index (χ3v) is 8.71. The van der Waals surface area contributed by atoms with Crippen molar-refractivity contribution >= 4 is 5.97 Å². The fourth-order valence-electron chi connectivity index (χ4n) is 6.01. The smallest absolute Gasteiger partial charge is 0.333 e. The minimum Gasteiger partial charge on any atom is -0.451 e. The van der Waals surface area contributed by atoms with Crippen LogP contribution in [-0.2, 0) is 23.7 Å². The zero-order chi connectivity index (χ0) is 24.8. The number of epoxide rings is 1. The molecule has 0 radical (unpaired) electrons. The first kappa shape index (κ1) is 25.8. The van der Waals surface area contributed by atoms with Gasteiger partial charge in [-0.3, -0.25) is 0 Å².